The molecule has 2 rings (SSSR count). The van der Waals surface area contributed by atoms with Crippen LogP contribution in [0.1, 0.15) is 41.0 Å². The fraction of sp³-hybridized carbons (Fsp3) is 0.261. The van der Waals surface area contributed by atoms with E-state index >= 15 is 0 Å². The van der Waals surface area contributed by atoms with Gasteiger partial charge in [-0.15, -0.1) is 6.58 Å². The smallest absolute Gasteiger partial charge is 0.257 e. The second kappa shape index (κ2) is 12.2. The Morgan fingerprint density at radius 3 is 2.61 bits per heavy atom. The van der Waals surface area contributed by atoms with Gasteiger partial charge in [0, 0.05) is 12.1 Å². The monoisotopic (exact) mass is 503 g/mol. The van der Waals surface area contributed by atoms with Crippen LogP contribution in [0.25, 0.3) is 0 Å². The SMILES string of the molecule is C=CCNC(=O)c1ccccc1NC(=S)NC(=O)c1ccc(OCCC(C)C)c(Br)c1. The second-order valence-electron chi connectivity index (χ2n) is 7.13. The summed E-state index contributed by atoms with van der Waals surface area (Å²) >= 11 is 8.70. The van der Waals surface area contributed by atoms with Crippen LogP contribution in [0.2, 0.25) is 0 Å². The molecule has 31 heavy (non-hydrogen) atoms. The van der Waals surface area contributed by atoms with Crippen LogP contribution in [0, 0.1) is 5.92 Å². The average Bonchev–Trinajstić information content (AvgIpc) is 2.73. The standard InChI is InChI=1S/C23H26BrN3O3S/c1-4-12-25-22(29)17-7-5-6-8-19(17)26-23(31)27-21(28)16-9-10-20(18(24)14-16)30-13-11-15(2)3/h4-10,14-15H,1,11-13H2,2-3H3,(H,25,29)(H2,26,27,28,31). The molecule has 6 nitrogen and oxygen atoms in total. The van der Waals surface area contributed by atoms with Crippen molar-refractivity contribution in [3.05, 3.63) is 70.7 Å². The van der Waals surface area contributed by atoms with Gasteiger partial charge in [0.15, 0.2) is 5.11 Å². The van der Waals surface area contributed by atoms with Crippen molar-refractivity contribution >= 4 is 50.8 Å². The average molecular weight is 504 g/mol. The zero-order valence-electron chi connectivity index (χ0n) is 17.5. The Morgan fingerprint density at radius 1 is 1.19 bits per heavy atom. The molecule has 0 unspecified atom stereocenters. The molecule has 0 atom stereocenters. The molecule has 2 aromatic carbocycles. The minimum atomic E-state index is -0.375. The van der Waals surface area contributed by atoms with Gasteiger partial charge >= 0.3 is 0 Å². The summed E-state index contributed by atoms with van der Waals surface area (Å²) < 4.78 is 6.43. The Kier molecular flexibility index (Phi) is 9.68. The number of nitrogens with one attached hydrogen (secondary N) is 3. The Bertz CT molecular complexity index is 963. The van der Waals surface area contributed by atoms with E-state index in [0.29, 0.717) is 46.1 Å². The van der Waals surface area contributed by atoms with Crippen LogP contribution in [0.15, 0.2) is 59.6 Å². The molecule has 0 spiro atoms. The number of thiocarbonyl (C=S) groups is 1. The number of ether oxygens (including phenoxy) is 1. The number of amides is 2. The van der Waals surface area contributed by atoms with Gasteiger partial charge in [-0.2, -0.15) is 0 Å². The number of carbonyl (C=O) groups excluding carboxylic acids is 2. The van der Waals surface area contributed by atoms with Gasteiger partial charge in [0.2, 0.25) is 0 Å². The van der Waals surface area contributed by atoms with Crippen molar-refractivity contribution in [2.24, 2.45) is 5.92 Å². The number of benzene rings is 2. The third kappa shape index (κ3) is 7.80. The van der Waals surface area contributed by atoms with Crippen molar-refractivity contribution in [1.82, 2.24) is 10.6 Å². The first kappa shape index (κ1) is 24.6. The zero-order chi connectivity index (χ0) is 22.8. The highest BCUT2D eigenvalue weighted by molar-refractivity contribution is 9.10. The van der Waals surface area contributed by atoms with E-state index in [1.54, 1.807) is 48.5 Å². The van der Waals surface area contributed by atoms with Crippen molar-refractivity contribution in [1.29, 1.82) is 0 Å². The Hall–Kier alpha value is -2.71. The molecule has 0 aliphatic heterocycles. The molecule has 0 bridgehead atoms. The molecule has 0 radical (unpaired) electrons. The summed E-state index contributed by atoms with van der Waals surface area (Å²) in [5.74, 6) is 0.586. The molecular weight excluding hydrogens is 478 g/mol. The summed E-state index contributed by atoms with van der Waals surface area (Å²) in [5.41, 5.74) is 1.32. The first-order chi connectivity index (χ1) is 14.8. The number of rotatable bonds is 9. The van der Waals surface area contributed by atoms with Crippen molar-refractivity contribution in [2.45, 2.75) is 20.3 Å². The number of para-hydroxylation sites is 1. The lowest BCUT2D eigenvalue weighted by Crippen LogP contribution is -2.35. The zero-order valence-corrected chi connectivity index (χ0v) is 19.9. The van der Waals surface area contributed by atoms with Crippen molar-refractivity contribution in [3.8, 4) is 5.75 Å². The Balaban J connectivity index is 2.00. The maximum Gasteiger partial charge on any atom is 0.257 e. The van der Waals surface area contributed by atoms with Gasteiger partial charge in [-0.3, -0.25) is 14.9 Å². The summed E-state index contributed by atoms with van der Waals surface area (Å²) in [6.07, 6.45) is 2.54. The van der Waals surface area contributed by atoms with Crippen LogP contribution in [0.3, 0.4) is 0 Å². The van der Waals surface area contributed by atoms with E-state index in [2.05, 4.69) is 52.3 Å². The van der Waals surface area contributed by atoms with E-state index in [1.165, 1.54) is 0 Å². The topological polar surface area (TPSA) is 79.5 Å². The Labute approximate surface area is 196 Å². The first-order valence-corrected chi connectivity index (χ1v) is 11.0. The van der Waals surface area contributed by atoms with E-state index in [0.717, 1.165) is 6.42 Å². The normalized spacial score (nSPS) is 10.3. The predicted molar refractivity (Wildman–Crippen MR) is 132 cm³/mol. The molecule has 0 aliphatic rings. The number of hydrogen-bond acceptors (Lipinski definition) is 4. The minimum Gasteiger partial charge on any atom is -0.492 e. The third-order valence-electron chi connectivity index (χ3n) is 4.20. The Morgan fingerprint density at radius 2 is 1.94 bits per heavy atom. The van der Waals surface area contributed by atoms with Gasteiger partial charge in [0.25, 0.3) is 11.8 Å². The van der Waals surface area contributed by atoms with Gasteiger partial charge in [0.1, 0.15) is 5.75 Å². The summed E-state index contributed by atoms with van der Waals surface area (Å²) in [6, 6.07) is 12.0. The number of anilines is 1. The van der Waals surface area contributed by atoms with Crippen LogP contribution < -0.4 is 20.7 Å². The molecule has 2 amide bonds. The quantitative estimate of drug-likeness (QED) is 0.334. The largest absolute Gasteiger partial charge is 0.492 e. The van der Waals surface area contributed by atoms with Gasteiger partial charge in [-0.05, 0) is 70.8 Å². The molecule has 3 N–H and O–H groups in total. The van der Waals surface area contributed by atoms with Gasteiger partial charge in [-0.25, -0.2) is 0 Å². The minimum absolute atomic E-state index is 0.0855. The van der Waals surface area contributed by atoms with Crippen molar-refractivity contribution in [3.63, 3.8) is 0 Å². The molecule has 8 heteroatoms. The lowest BCUT2D eigenvalue weighted by Gasteiger charge is -2.14. The summed E-state index contributed by atoms with van der Waals surface area (Å²) in [6.45, 7) is 8.80. The molecule has 0 saturated heterocycles. The van der Waals surface area contributed by atoms with Crippen LogP contribution in [0.5, 0.6) is 5.75 Å². The maximum absolute atomic E-state index is 12.6. The summed E-state index contributed by atoms with van der Waals surface area (Å²) in [7, 11) is 0. The molecule has 2 aromatic rings. The molecular formula is C23H26BrN3O3S. The highest BCUT2D eigenvalue weighted by Gasteiger charge is 2.14. The van der Waals surface area contributed by atoms with Gasteiger partial charge in [-0.1, -0.05) is 32.1 Å². The van der Waals surface area contributed by atoms with Crippen LogP contribution >= 0.6 is 28.1 Å². The highest BCUT2D eigenvalue weighted by Crippen LogP contribution is 2.26. The number of halogens is 1. The second-order valence-corrected chi connectivity index (χ2v) is 8.39. The fourth-order valence-corrected chi connectivity index (χ4v) is 3.24. The molecule has 0 saturated carbocycles. The molecule has 0 heterocycles. The molecule has 0 aliphatic carbocycles. The maximum atomic E-state index is 12.6. The van der Waals surface area contributed by atoms with E-state index < -0.39 is 0 Å². The van der Waals surface area contributed by atoms with E-state index in [1.807, 2.05) is 0 Å². The van der Waals surface area contributed by atoms with Crippen molar-refractivity contribution in [2.75, 3.05) is 18.5 Å². The van der Waals surface area contributed by atoms with Gasteiger partial charge < -0.3 is 15.4 Å². The number of carbonyl (C=O) groups is 2. The molecule has 0 aromatic heterocycles. The molecule has 0 fully saturated rings. The first-order valence-electron chi connectivity index (χ1n) is 9.84. The molecule has 164 valence electrons. The number of hydrogen-bond donors (Lipinski definition) is 3. The van der Waals surface area contributed by atoms with Crippen LogP contribution in [-0.2, 0) is 0 Å². The third-order valence-corrected chi connectivity index (χ3v) is 5.02. The van der Waals surface area contributed by atoms with Crippen LogP contribution in [0.4, 0.5) is 5.69 Å². The van der Waals surface area contributed by atoms with E-state index in [-0.39, 0.29) is 16.9 Å². The summed E-state index contributed by atoms with van der Waals surface area (Å²) in [5, 5.41) is 8.34. The predicted octanol–water partition coefficient (Wildman–Crippen LogP) is 4.92. The van der Waals surface area contributed by atoms with E-state index in [9.17, 15) is 9.59 Å². The summed E-state index contributed by atoms with van der Waals surface area (Å²) in [4.78, 5) is 24.9. The van der Waals surface area contributed by atoms with Crippen LogP contribution in [-0.4, -0.2) is 30.1 Å². The lowest BCUT2D eigenvalue weighted by molar-refractivity contribution is 0.0956. The highest BCUT2D eigenvalue weighted by atomic mass is 79.9. The van der Waals surface area contributed by atoms with E-state index in [4.69, 9.17) is 17.0 Å². The lowest BCUT2D eigenvalue weighted by atomic mass is 10.1. The fourth-order valence-electron chi connectivity index (χ4n) is 2.54. The van der Waals surface area contributed by atoms with Crippen molar-refractivity contribution < 1.29 is 14.3 Å². The van der Waals surface area contributed by atoms with Gasteiger partial charge in [0.05, 0.1) is 22.3 Å².